The fourth-order valence-corrected chi connectivity index (χ4v) is 6.60. The maximum atomic E-state index is 12.7. The summed E-state index contributed by atoms with van der Waals surface area (Å²) < 4.78 is 40.0. The van der Waals surface area contributed by atoms with Gasteiger partial charge in [0.25, 0.3) is 5.78 Å². The number of imidazole rings is 1. The predicted molar refractivity (Wildman–Crippen MR) is 151 cm³/mol. The van der Waals surface area contributed by atoms with Gasteiger partial charge in [-0.05, 0) is 57.2 Å². The largest absolute Gasteiger partial charge is 0.435 e. The molecular weight excluding hydrogens is 530 g/mol. The van der Waals surface area contributed by atoms with Gasteiger partial charge in [-0.1, -0.05) is 26.0 Å². The van der Waals surface area contributed by atoms with Crippen LogP contribution in [0.1, 0.15) is 58.0 Å². The number of hydrogen-bond donors (Lipinski definition) is 0. The van der Waals surface area contributed by atoms with E-state index >= 15 is 0 Å². The summed E-state index contributed by atoms with van der Waals surface area (Å²) in [6.45, 7) is 11.1. The number of anilines is 1. The smallest absolute Gasteiger partial charge is 0.387 e. The SMILES string of the molecule is Cc1nc2c(N3C[C@@H](C)N([C@@H](c4ccc(OC(F)F)cc4)C(C)C)C[C@@H]3C)nc3nncn3c2n1C[C@@H]1CCCO1. The van der Waals surface area contributed by atoms with Gasteiger partial charge in [-0.2, -0.15) is 13.8 Å². The van der Waals surface area contributed by atoms with Crippen molar-refractivity contribution in [1.29, 1.82) is 0 Å². The van der Waals surface area contributed by atoms with E-state index in [1.165, 1.54) is 0 Å². The molecule has 2 saturated heterocycles. The molecule has 0 amide bonds. The Morgan fingerprint density at radius 2 is 1.85 bits per heavy atom. The number of aryl methyl sites for hydroxylation is 1. The topological polar surface area (TPSA) is 85.8 Å². The van der Waals surface area contributed by atoms with Gasteiger partial charge in [0.1, 0.15) is 23.4 Å². The predicted octanol–water partition coefficient (Wildman–Crippen LogP) is 4.86. The second-order valence-electron chi connectivity index (χ2n) is 11.7. The normalized spacial score (nSPS) is 23.0. The average molecular weight is 569 g/mol. The summed E-state index contributed by atoms with van der Waals surface area (Å²) in [7, 11) is 0. The number of aromatic nitrogens is 6. The molecule has 2 aliphatic rings. The first kappa shape index (κ1) is 27.8. The zero-order valence-corrected chi connectivity index (χ0v) is 24.2. The Labute approximate surface area is 238 Å². The lowest BCUT2D eigenvalue weighted by Gasteiger charge is -2.49. The molecular formula is C29H38F2N8O2. The van der Waals surface area contributed by atoms with Crippen LogP contribution in [0.15, 0.2) is 30.6 Å². The molecule has 0 N–H and O–H groups in total. The second kappa shape index (κ2) is 11.1. The lowest BCUT2D eigenvalue weighted by Crippen LogP contribution is -2.58. The molecule has 0 aliphatic carbocycles. The summed E-state index contributed by atoms with van der Waals surface area (Å²) in [5.74, 6) is 2.77. The Morgan fingerprint density at radius 3 is 2.54 bits per heavy atom. The molecule has 41 heavy (non-hydrogen) atoms. The third-order valence-corrected chi connectivity index (χ3v) is 8.46. The van der Waals surface area contributed by atoms with Crippen LogP contribution in [0.4, 0.5) is 14.6 Å². The molecule has 0 unspecified atom stereocenters. The molecule has 4 atom stereocenters. The highest BCUT2D eigenvalue weighted by molar-refractivity contribution is 5.87. The maximum absolute atomic E-state index is 12.7. The molecule has 2 aliphatic heterocycles. The van der Waals surface area contributed by atoms with Crippen molar-refractivity contribution in [2.45, 2.75) is 84.8 Å². The molecule has 220 valence electrons. The Morgan fingerprint density at radius 1 is 1.07 bits per heavy atom. The Balaban J connectivity index is 1.32. The first-order valence-corrected chi connectivity index (χ1v) is 14.5. The van der Waals surface area contributed by atoms with E-state index in [4.69, 9.17) is 14.7 Å². The number of rotatable bonds is 8. The number of fused-ring (bicyclic) bond motifs is 3. The van der Waals surface area contributed by atoms with E-state index in [-0.39, 0.29) is 30.0 Å². The quantitative estimate of drug-likeness (QED) is 0.298. The van der Waals surface area contributed by atoms with Crippen molar-refractivity contribution in [3.8, 4) is 5.75 Å². The number of nitrogens with zero attached hydrogens (tertiary/aromatic N) is 8. The van der Waals surface area contributed by atoms with Crippen LogP contribution >= 0.6 is 0 Å². The fourth-order valence-electron chi connectivity index (χ4n) is 6.60. The van der Waals surface area contributed by atoms with Gasteiger partial charge in [0.05, 0.1) is 12.6 Å². The lowest BCUT2D eigenvalue weighted by molar-refractivity contribution is -0.0498. The van der Waals surface area contributed by atoms with Gasteiger partial charge in [-0.3, -0.25) is 4.90 Å². The maximum Gasteiger partial charge on any atom is 0.387 e. The molecule has 0 saturated carbocycles. The van der Waals surface area contributed by atoms with Crippen molar-refractivity contribution in [3.63, 3.8) is 0 Å². The average Bonchev–Trinajstić information content (AvgIpc) is 3.67. The van der Waals surface area contributed by atoms with E-state index < -0.39 is 6.61 Å². The van der Waals surface area contributed by atoms with Crippen LogP contribution in [-0.2, 0) is 11.3 Å². The molecule has 0 radical (unpaired) electrons. The second-order valence-corrected chi connectivity index (χ2v) is 11.7. The van der Waals surface area contributed by atoms with Gasteiger partial charge < -0.3 is 18.9 Å². The van der Waals surface area contributed by atoms with E-state index in [0.29, 0.717) is 11.7 Å². The van der Waals surface area contributed by atoms with Gasteiger partial charge in [0, 0.05) is 37.8 Å². The molecule has 2 fully saturated rings. The first-order valence-electron chi connectivity index (χ1n) is 14.5. The van der Waals surface area contributed by atoms with E-state index in [1.54, 1.807) is 18.5 Å². The Kier molecular flexibility index (Phi) is 7.54. The van der Waals surface area contributed by atoms with Gasteiger partial charge in [0.2, 0.25) is 0 Å². The highest BCUT2D eigenvalue weighted by atomic mass is 19.3. The number of benzene rings is 1. The van der Waals surface area contributed by atoms with E-state index in [1.807, 2.05) is 23.5 Å². The number of alkyl halides is 2. The van der Waals surface area contributed by atoms with Gasteiger partial charge in [-0.25, -0.2) is 9.38 Å². The number of halogens is 2. The molecule has 0 spiro atoms. The van der Waals surface area contributed by atoms with E-state index in [2.05, 4.69) is 57.0 Å². The number of hydrogen-bond acceptors (Lipinski definition) is 8. The van der Waals surface area contributed by atoms with Crippen molar-refractivity contribution in [2.24, 2.45) is 5.92 Å². The highest BCUT2D eigenvalue weighted by Crippen LogP contribution is 2.37. The monoisotopic (exact) mass is 568 g/mol. The third-order valence-electron chi connectivity index (χ3n) is 8.46. The summed E-state index contributed by atoms with van der Waals surface area (Å²) in [6.07, 6.45) is 3.99. The Hall–Kier alpha value is -3.38. The van der Waals surface area contributed by atoms with Crippen molar-refractivity contribution < 1.29 is 18.3 Å². The molecule has 5 heterocycles. The van der Waals surface area contributed by atoms with Crippen molar-refractivity contribution in [1.82, 2.24) is 34.0 Å². The summed E-state index contributed by atoms with van der Waals surface area (Å²) in [5.41, 5.74) is 2.87. The van der Waals surface area contributed by atoms with Crippen LogP contribution < -0.4 is 9.64 Å². The summed E-state index contributed by atoms with van der Waals surface area (Å²) in [4.78, 5) is 14.9. The minimum atomic E-state index is -2.83. The summed E-state index contributed by atoms with van der Waals surface area (Å²) in [6, 6.07) is 7.51. The van der Waals surface area contributed by atoms with Gasteiger partial charge >= 0.3 is 6.61 Å². The molecule has 6 rings (SSSR count). The van der Waals surface area contributed by atoms with Crippen LogP contribution in [0.3, 0.4) is 0 Å². The summed E-state index contributed by atoms with van der Waals surface area (Å²) in [5, 5.41) is 8.48. The van der Waals surface area contributed by atoms with Crippen molar-refractivity contribution >= 4 is 22.8 Å². The van der Waals surface area contributed by atoms with Gasteiger partial charge in [-0.15, -0.1) is 10.2 Å². The number of ether oxygens (including phenoxy) is 2. The van der Waals surface area contributed by atoms with Crippen LogP contribution in [0.5, 0.6) is 5.75 Å². The zero-order chi connectivity index (χ0) is 28.8. The fraction of sp³-hybridized carbons (Fsp3) is 0.586. The standard InChI is InChI=1S/C29H38F2N8O2/c1-17(2)25(21-8-10-22(11-9-21)41-28(30)31)36-13-19(4)37(14-18(36)3)26-24-27(39-16-32-35-29(39)34-26)38(20(5)33-24)15-23-7-6-12-40-23/h8-11,16-19,23,25,28H,6-7,12-15H2,1-5H3/t18-,19+,23+,25-/m1/s1. The van der Waals surface area contributed by atoms with Crippen LogP contribution in [0, 0.1) is 12.8 Å². The molecule has 1 aromatic carbocycles. The van der Waals surface area contributed by atoms with E-state index in [9.17, 15) is 8.78 Å². The molecule has 4 aromatic rings. The number of piperazine rings is 1. The van der Waals surface area contributed by atoms with Crippen LogP contribution in [-0.4, -0.2) is 78.5 Å². The minimum Gasteiger partial charge on any atom is -0.435 e. The van der Waals surface area contributed by atoms with Gasteiger partial charge in [0.15, 0.2) is 11.5 Å². The van der Waals surface area contributed by atoms with Crippen molar-refractivity contribution in [3.05, 3.63) is 42.0 Å². The summed E-state index contributed by atoms with van der Waals surface area (Å²) >= 11 is 0. The zero-order valence-electron chi connectivity index (χ0n) is 24.2. The minimum absolute atomic E-state index is 0.120. The molecule has 10 nitrogen and oxygen atoms in total. The molecule has 12 heteroatoms. The highest BCUT2D eigenvalue weighted by Gasteiger charge is 2.37. The molecule has 0 bridgehead atoms. The molecule has 3 aromatic heterocycles. The van der Waals surface area contributed by atoms with E-state index in [0.717, 1.165) is 67.5 Å². The first-order chi connectivity index (χ1) is 19.7. The third kappa shape index (κ3) is 5.23. The Bertz CT molecular complexity index is 1500. The van der Waals surface area contributed by atoms with Crippen LogP contribution in [0.25, 0.3) is 16.9 Å². The van der Waals surface area contributed by atoms with Crippen molar-refractivity contribution in [2.75, 3.05) is 24.6 Å². The lowest BCUT2D eigenvalue weighted by atomic mass is 9.91. The van der Waals surface area contributed by atoms with Crippen LogP contribution in [0.2, 0.25) is 0 Å².